The van der Waals surface area contributed by atoms with Gasteiger partial charge in [-0.3, -0.25) is 14.4 Å². The van der Waals surface area contributed by atoms with Crippen molar-refractivity contribution in [1.82, 2.24) is 4.90 Å². The molecule has 0 aromatic heterocycles. The van der Waals surface area contributed by atoms with Gasteiger partial charge < -0.3 is 29.3 Å². The minimum atomic E-state index is -1.18. The first-order valence-corrected chi connectivity index (χ1v) is 14.4. The molecular weight excluding hydrogens is 510 g/mol. The molecule has 3 fully saturated rings. The van der Waals surface area contributed by atoms with E-state index in [-0.39, 0.29) is 38.1 Å². The molecule has 0 aliphatic carbocycles. The third-order valence-corrected chi connectivity index (χ3v) is 8.94. The molecule has 3 aliphatic heterocycles. The molecule has 3 heterocycles. The van der Waals surface area contributed by atoms with E-state index in [4.69, 9.17) is 9.47 Å². The molecular formula is C31H43N3O6. The van der Waals surface area contributed by atoms with Gasteiger partial charge in [-0.2, -0.15) is 0 Å². The van der Waals surface area contributed by atoms with Crippen LogP contribution in [0.3, 0.4) is 0 Å². The van der Waals surface area contributed by atoms with Gasteiger partial charge in [0.25, 0.3) is 5.91 Å². The average molecular weight is 554 g/mol. The number of benzene rings is 1. The minimum Gasteiger partial charge on any atom is -0.465 e. The Hall–Kier alpha value is -3.17. The number of likely N-dealkylation sites (tertiary alicyclic amines) is 1. The normalized spacial score (nSPS) is 28.4. The van der Waals surface area contributed by atoms with E-state index in [1.165, 1.54) is 4.90 Å². The van der Waals surface area contributed by atoms with Gasteiger partial charge in [-0.25, -0.2) is 0 Å². The lowest BCUT2D eigenvalue weighted by Gasteiger charge is -2.36. The number of aliphatic hydroxyl groups is 1. The number of amides is 2. The lowest BCUT2D eigenvalue weighted by Crippen LogP contribution is -2.56. The highest BCUT2D eigenvalue weighted by molar-refractivity contribution is 6.05. The molecule has 3 saturated heterocycles. The summed E-state index contributed by atoms with van der Waals surface area (Å²) in [7, 11) is 0. The average Bonchev–Trinajstić information content (AvgIpc) is 3.56. The maximum atomic E-state index is 14.5. The van der Waals surface area contributed by atoms with E-state index >= 15 is 0 Å². The van der Waals surface area contributed by atoms with Crippen LogP contribution in [-0.4, -0.2) is 84.4 Å². The molecule has 9 heteroatoms. The van der Waals surface area contributed by atoms with Gasteiger partial charge in [0.2, 0.25) is 5.91 Å². The van der Waals surface area contributed by atoms with Crippen LogP contribution >= 0.6 is 0 Å². The van der Waals surface area contributed by atoms with Crippen LogP contribution in [-0.2, 0) is 23.9 Å². The fraction of sp³-hybridized carbons (Fsp3) is 0.581. The highest BCUT2D eigenvalue weighted by Gasteiger charge is 2.79. The fourth-order valence-electron chi connectivity index (χ4n) is 7.07. The van der Waals surface area contributed by atoms with Crippen LogP contribution < -0.4 is 9.80 Å². The van der Waals surface area contributed by atoms with Crippen molar-refractivity contribution in [3.8, 4) is 0 Å². The Morgan fingerprint density at radius 3 is 2.38 bits per heavy atom. The van der Waals surface area contributed by atoms with Gasteiger partial charge in [-0.15, -0.1) is 13.2 Å². The quantitative estimate of drug-likeness (QED) is 0.214. The van der Waals surface area contributed by atoms with Crippen molar-refractivity contribution in [2.45, 2.75) is 63.7 Å². The highest BCUT2D eigenvalue weighted by Crippen LogP contribution is 2.64. The number of nitrogens with zero attached hydrogens (tertiary/aromatic N) is 3. The maximum Gasteiger partial charge on any atom is 0.312 e. The van der Waals surface area contributed by atoms with Gasteiger partial charge in [0, 0.05) is 37.6 Å². The topological polar surface area (TPSA) is 99.6 Å². The molecule has 0 saturated carbocycles. The molecule has 1 N–H and O–H groups in total. The number of β-amino-alcohol motifs (C(OH)–C–C–N with tert-alkyl or cyclic N) is 1. The van der Waals surface area contributed by atoms with Gasteiger partial charge in [-0.1, -0.05) is 19.1 Å². The Morgan fingerprint density at radius 2 is 1.80 bits per heavy atom. The van der Waals surface area contributed by atoms with Crippen LogP contribution in [0, 0.1) is 11.8 Å². The zero-order valence-corrected chi connectivity index (χ0v) is 24.0. The summed E-state index contributed by atoms with van der Waals surface area (Å²) in [5.74, 6) is -2.80. The Morgan fingerprint density at radius 1 is 1.12 bits per heavy atom. The number of rotatable bonds is 14. The molecule has 1 spiro atoms. The largest absolute Gasteiger partial charge is 0.465 e. The third kappa shape index (κ3) is 4.73. The van der Waals surface area contributed by atoms with Crippen molar-refractivity contribution < 1.29 is 29.0 Å². The second kappa shape index (κ2) is 12.1. The number of aliphatic hydroxyl groups excluding tert-OH is 1. The molecule has 9 nitrogen and oxygen atoms in total. The predicted molar refractivity (Wildman–Crippen MR) is 154 cm³/mol. The summed E-state index contributed by atoms with van der Waals surface area (Å²) >= 11 is 0. The summed E-state index contributed by atoms with van der Waals surface area (Å²) in [5, 5.41) is 9.90. The summed E-state index contributed by atoms with van der Waals surface area (Å²) < 4.78 is 12.3. The number of hydrogen-bond donors (Lipinski definition) is 1. The van der Waals surface area contributed by atoms with Crippen LogP contribution in [0.4, 0.5) is 11.4 Å². The maximum absolute atomic E-state index is 14.5. The first-order chi connectivity index (χ1) is 19.3. The third-order valence-electron chi connectivity index (χ3n) is 8.94. The lowest BCUT2D eigenvalue weighted by molar-refractivity contribution is -0.160. The zero-order valence-electron chi connectivity index (χ0n) is 24.0. The van der Waals surface area contributed by atoms with Crippen LogP contribution in [0.5, 0.6) is 0 Å². The van der Waals surface area contributed by atoms with Crippen molar-refractivity contribution >= 4 is 29.2 Å². The molecule has 1 aromatic carbocycles. The molecule has 4 rings (SSSR count). The Bertz CT molecular complexity index is 1120. The number of hydrogen-bond acceptors (Lipinski definition) is 7. The number of carbonyl (C=O) groups excluding carboxylic acids is 3. The van der Waals surface area contributed by atoms with Gasteiger partial charge in [0.1, 0.15) is 17.6 Å². The van der Waals surface area contributed by atoms with E-state index in [0.717, 1.165) is 18.8 Å². The van der Waals surface area contributed by atoms with Crippen molar-refractivity contribution in [1.29, 1.82) is 0 Å². The molecule has 0 radical (unpaired) electrons. The minimum absolute atomic E-state index is 0.0307. The van der Waals surface area contributed by atoms with Crippen LogP contribution in [0.25, 0.3) is 0 Å². The standard InChI is InChI=1S/C31H43N3O6/c1-6-11-21-39-29(38)25-24-27(36)34(19-20-35)26(31(24)17-16-30(25,8-3)40-31)28(37)33(18-7-2)23-14-12-22(13-15-23)32(9-4)10-5/h6-7,12-15,24-26,35H,1-2,8-11,16-21H2,3-5H3/t24-,25-,26?,30+,31?/m0/s1. The van der Waals surface area contributed by atoms with Crippen molar-refractivity contribution in [3.63, 3.8) is 0 Å². The van der Waals surface area contributed by atoms with Crippen molar-refractivity contribution in [2.24, 2.45) is 11.8 Å². The summed E-state index contributed by atoms with van der Waals surface area (Å²) in [5.41, 5.74) is -0.321. The SMILES string of the molecule is C=CCCOC(=O)[C@@H]1[C@H]2C(=O)N(CCO)C(C(=O)N(CC=C)c3ccc(N(CC)CC)cc3)C23CC[C@@]1(CC)O3. The number of ether oxygens (including phenoxy) is 2. The molecule has 3 aliphatic rings. The van der Waals surface area contributed by atoms with Crippen LogP contribution in [0.1, 0.15) is 46.5 Å². The highest BCUT2D eigenvalue weighted by atomic mass is 16.6. The van der Waals surface area contributed by atoms with E-state index in [1.807, 2.05) is 31.2 Å². The van der Waals surface area contributed by atoms with Gasteiger partial charge in [0.05, 0.1) is 24.7 Å². The number of carbonyl (C=O) groups is 3. The van der Waals surface area contributed by atoms with Crippen LogP contribution in [0.15, 0.2) is 49.6 Å². The van der Waals surface area contributed by atoms with E-state index in [9.17, 15) is 19.5 Å². The molecule has 5 atom stereocenters. The van der Waals surface area contributed by atoms with Gasteiger partial charge >= 0.3 is 5.97 Å². The molecule has 2 unspecified atom stereocenters. The first kappa shape index (κ1) is 29.8. The van der Waals surface area contributed by atoms with Gasteiger partial charge in [0.15, 0.2) is 0 Å². The molecule has 218 valence electrons. The lowest BCUT2D eigenvalue weighted by atomic mass is 9.65. The van der Waals surface area contributed by atoms with E-state index in [2.05, 4.69) is 31.9 Å². The smallest absolute Gasteiger partial charge is 0.312 e. The van der Waals surface area contributed by atoms with Crippen molar-refractivity contribution in [2.75, 3.05) is 49.2 Å². The predicted octanol–water partition coefficient (Wildman–Crippen LogP) is 3.32. The molecule has 40 heavy (non-hydrogen) atoms. The zero-order chi connectivity index (χ0) is 29.1. The molecule has 1 aromatic rings. The summed E-state index contributed by atoms with van der Waals surface area (Å²) in [6.07, 6.45) is 5.36. The number of esters is 1. The van der Waals surface area contributed by atoms with Crippen LogP contribution in [0.2, 0.25) is 0 Å². The first-order valence-electron chi connectivity index (χ1n) is 14.4. The molecule has 2 amide bonds. The summed E-state index contributed by atoms with van der Waals surface area (Å²) in [6.45, 7) is 15.5. The monoisotopic (exact) mass is 553 g/mol. The Labute approximate surface area is 237 Å². The Balaban J connectivity index is 1.73. The van der Waals surface area contributed by atoms with Crippen molar-refractivity contribution in [3.05, 3.63) is 49.6 Å². The number of anilines is 2. The van der Waals surface area contributed by atoms with E-state index in [1.54, 1.807) is 17.1 Å². The number of fused-ring (bicyclic) bond motifs is 1. The van der Waals surface area contributed by atoms with Gasteiger partial charge in [-0.05, 0) is 63.8 Å². The molecule has 2 bridgehead atoms. The van der Waals surface area contributed by atoms with E-state index < -0.39 is 35.0 Å². The van der Waals surface area contributed by atoms with E-state index in [0.29, 0.717) is 31.4 Å². The second-order valence-corrected chi connectivity index (χ2v) is 10.8. The fourth-order valence-corrected chi connectivity index (χ4v) is 7.07. The summed E-state index contributed by atoms with van der Waals surface area (Å²) in [4.78, 5) is 47.2. The Kier molecular flexibility index (Phi) is 9.05. The second-order valence-electron chi connectivity index (χ2n) is 10.8. The summed E-state index contributed by atoms with van der Waals surface area (Å²) in [6, 6.07) is 6.78.